The molecule has 2 aliphatic rings. The molecule has 0 radical (unpaired) electrons. The van der Waals surface area contributed by atoms with Crippen LogP contribution in [0, 0.1) is 0 Å². The normalized spacial score (nSPS) is 12.7. The molecule has 144 heavy (non-hydrogen) atoms. The Kier molecular flexibility index (Phi) is 20.2. The maximum absolute atomic E-state index is 2.54. The highest BCUT2D eigenvalue weighted by Gasteiger charge is 2.39. The minimum atomic E-state index is -0.300. The lowest BCUT2D eigenvalue weighted by atomic mass is 9.74. The van der Waals surface area contributed by atoms with E-state index < -0.39 is 0 Å². The van der Waals surface area contributed by atoms with E-state index in [-0.39, 0.29) is 10.8 Å². The van der Waals surface area contributed by atoms with Crippen molar-refractivity contribution in [3.63, 3.8) is 0 Å². The van der Waals surface area contributed by atoms with Crippen LogP contribution in [0.2, 0.25) is 0 Å². The number of aromatic nitrogens is 4. The summed E-state index contributed by atoms with van der Waals surface area (Å²) in [5.41, 5.74) is 44.9. The maximum Gasteiger partial charge on any atom is 0.0583 e. The SMILES string of the molecule is CC1(C)c2ccccc2-n2c3ccc(-n4c5ccc(-c6ccccc6)cc5c5cc(-c6ccccc6)ccc54)cc3c3cc(-n4c5ccc(-c6ccccc6)cc5c5cc(-c6ccccc6)ccc54)cc1c32.CC1(C)c2ccccc2-n2c3ccc(N(c4ccc(-c5ccccc5)cc4)c4ccc(-c5ccccc5)cc4)cc3c3cc(N(c4ccc(-c5ccccc5)cc4)c4ccc(-c5ccccc5)cc4)cc1c32. The number of benzene rings is 22. The fraction of sp³-hybridized carbons (Fsp3) is 0.0435. The quantitative estimate of drug-likeness (QED) is 0.0964. The molecule has 0 fully saturated rings. The third kappa shape index (κ3) is 14.2. The molecule has 0 aliphatic carbocycles. The van der Waals surface area contributed by atoms with Gasteiger partial charge in [0, 0.05) is 99.4 Å². The monoisotopic (exact) mass is 1840 g/mol. The molecule has 0 bridgehead atoms. The molecule has 0 saturated heterocycles. The van der Waals surface area contributed by atoms with Gasteiger partial charge in [0.15, 0.2) is 0 Å². The van der Waals surface area contributed by atoms with E-state index in [1.54, 1.807) is 0 Å². The topological polar surface area (TPSA) is 26.2 Å². The molecular weight excluding hydrogens is 1740 g/mol. The van der Waals surface area contributed by atoms with Gasteiger partial charge in [-0.15, -0.1) is 0 Å². The van der Waals surface area contributed by atoms with Crippen LogP contribution in [0.25, 0.3) is 199 Å². The minimum Gasteiger partial charge on any atom is -0.310 e. The summed E-state index contributed by atoms with van der Waals surface area (Å²) in [6, 6.07) is 192. The lowest BCUT2D eigenvalue weighted by Crippen LogP contribution is -2.26. The van der Waals surface area contributed by atoms with E-state index in [4.69, 9.17) is 0 Å². The zero-order chi connectivity index (χ0) is 95.8. The van der Waals surface area contributed by atoms with Gasteiger partial charge in [-0.2, -0.15) is 0 Å². The van der Waals surface area contributed by atoms with Crippen LogP contribution in [-0.2, 0) is 10.8 Å². The van der Waals surface area contributed by atoms with Crippen molar-refractivity contribution in [3.8, 4) is 112 Å². The number of rotatable bonds is 16. The zero-order valence-corrected chi connectivity index (χ0v) is 80.3. The van der Waals surface area contributed by atoms with Gasteiger partial charge < -0.3 is 28.1 Å². The smallest absolute Gasteiger partial charge is 0.0583 e. The molecule has 6 heterocycles. The van der Waals surface area contributed by atoms with Crippen LogP contribution < -0.4 is 9.80 Å². The van der Waals surface area contributed by atoms with Gasteiger partial charge in [0.1, 0.15) is 0 Å². The second-order valence-electron chi connectivity index (χ2n) is 39.5. The molecule has 0 unspecified atom stereocenters. The number of anilines is 6. The van der Waals surface area contributed by atoms with Crippen molar-refractivity contribution in [1.29, 1.82) is 0 Å². The average molecular weight is 1840 g/mol. The van der Waals surface area contributed by atoms with Crippen molar-refractivity contribution in [2.75, 3.05) is 9.80 Å². The molecule has 2 aliphatic heterocycles. The molecule has 680 valence electrons. The third-order valence-electron chi connectivity index (χ3n) is 30.6. The Labute approximate surface area is 837 Å². The summed E-state index contributed by atoms with van der Waals surface area (Å²) in [4.78, 5) is 4.85. The van der Waals surface area contributed by atoms with Crippen molar-refractivity contribution in [3.05, 3.63) is 544 Å². The molecular formula is C138H98N6. The second kappa shape index (κ2) is 34.3. The van der Waals surface area contributed by atoms with Crippen LogP contribution in [0.3, 0.4) is 0 Å². The molecule has 6 nitrogen and oxygen atoms in total. The van der Waals surface area contributed by atoms with E-state index in [1.807, 2.05) is 0 Å². The number of nitrogens with zero attached hydrogens (tertiary/aromatic N) is 6. The molecule has 22 aromatic carbocycles. The number of hydrogen-bond acceptors (Lipinski definition) is 2. The van der Waals surface area contributed by atoms with Gasteiger partial charge >= 0.3 is 0 Å². The fourth-order valence-corrected chi connectivity index (χ4v) is 23.4. The average Bonchev–Trinajstić information content (AvgIpc) is 1.52. The fourth-order valence-electron chi connectivity index (χ4n) is 23.4. The van der Waals surface area contributed by atoms with Crippen LogP contribution in [-0.4, -0.2) is 18.3 Å². The predicted molar refractivity (Wildman–Crippen MR) is 607 cm³/mol. The van der Waals surface area contributed by atoms with Crippen LogP contribution in [0.15, 0.2) is 522 Å². The lowest BCUT2D eigenvalue weighted by Gasteiger charge is -2.36. The van der Waals surface area contributed by atoms with Crippen LogP contribution >= 0.6 is 0 Å². The van der Waals surface area contributed by atoms with Gasteiger partial charge in [-0.1, -0.05) is 380 Å². The van der Waals surface area contributed by atoms with Gasteiger partial charge in [-0.25, -0.2) is 0 Å². The Morgan fingerprint density at radius 2 is 0.368 bits per heavy atom. The third-order valence-corrected chi connectivity index (χ3v) is 30.6. The van der Waals surface area contributed by atoms with Crippen molar-refractivity contribution in [1.82, 2.24) is 18.3 Å². The molecule has 0 atom stereocenters. The Hall–Kier alpha value is -18.4. The lowest BCUT2D eigenvalue weighted by molar-refractivity contribution is 0.629. The molecule has 0 saturated carbocycles. The molecule has 26 aromatic rings. The first-order chi connectivity index (χ1) is 70.9. The summed E-state index contributed by atoms with van der Waals surface area (Å²) >= 11 is 0. The summed E-state index contributed by atoms with van der Waals surface area (Å²) in [5.74, 6) is 0. The van der Waals surface area contributed by atoms with E-state index in [0.717, 1.165) is 45.5 Å². The van der Waals surface area contributed by atoms with E-state index in [9.17, 15) is 0 Å². The molecule has 6 heteroatoms. The van der Waals surface area contributed by atoms with Crippen molar-refractivity contribution >= 4 is 121 Å². The molecule has 28 rings (SSSR count). The highest BCUT2D eigenvalue weighted by atomic mass is 15.2. The van der Waals surface area contributed by atoms with Crippen molar-refractivity contribution in [2.24, 2.45) is 0 Å². The summed E-state index contributed by atoms with van der Waals surface area (Å²) in [6.45, 7) is 9.61. The van der Waals surface area contributed by atoms with Gasteiger partial charge in [0.05, 0.1) is 55.5 Å². The summed E-state index contributed by atoms with van der Waals surface area (Å²) in [5, 5.41) is 9.85. The van der Waals surface area contributed by atoms with Crippen LogP contribution in [0.1, 0.15) is 49.9 Å². The molecule has 0 N–H and O–H groups in total. The number of fused-ring (bicyclic) bond motifs is 16. The van der Waals surface area contributed by atoms with Crippen molar-refractivity contribution in [2.45, 2.75) is 38.5 Å². The first kappa shape index (κ1) is 84.9. The van der Waals surface area contributed by atoms with E-state index in [0.29, 0.717) is 0 Å². The zero-order valence-electron chi connectivity index (χ0n) is 80.3. The predicted octanol–water partition coefficient (Wildman–Crippen LogP) is 37.3. The highest BCUT2D eigenvalue weighted by Crippen LogP contribution is 2.55. The first-order valence-electron chi connectivity index (χ1n) is 50.0. The Balaban J connectivity index is 0.000000143. The van der Waals surface area contributed by atoms with Gasteiger partial charge in [0.25, 0.3) is 0 Å². The van der Waals surface area contributed by atoms with Gasteiger partial charge in [-0.3, -0.25) is 0 Å². The van der Waals surface area contributed by atoms with Crippen LogP contribution in [0.5, 0.6) is 0 Å². The summed E-state index contributed by atoms with van der Waals surface area (Å²) < 4.78 is 10.1. The van der Waals surface area contributed by atoms with Gasteiger partial charge in [-0.05, 0) is 281 Å². The van der Waals surface area contributed by atoms with E-state index in [2.05, 4.69) is 577 Å². The van der Waals surface area contributed by atoms with Crippen LogP contribution in [0.4, 0.5) is 34.1 Å². The highest BCUT2D eigenvalue weighted by molar-refractivity contribution is 6.18. The Bertz CT molecular complexity index is 9120. The standard InChI is InChI=1S/C69H47N3.C69H51N3/c1-69(2)60-25-15-16-26-67(60)72-66-36-31-52(70-62-32-27-48(44-17-7-3-8-18-44)37-54(62)55-38-49(28-33-63(55)70)45-19-9-4-10-20-45)41-58(66)59-42-53(43-61(69)68(59)72)71-64-34-29-50(46-21-11-5-12-22-46)39-56(64)57-40-51(30-35-65(57)71)47-23-13-6-14-24-47;1-69(2)64-25-15-16-26-67(64)72-66-44-43-60(70(56-35-27-52(28-36-56)48-17-7-3-8-18-48)57-37-29-53(30-38-57)49-19-9-4-10-20-49)45-62(66)63-46-61(47-65(69)68(63)72)71(58-39-31-54(32-40-58)50-21-11-5-12-22-50)59-41-33-55(34-42-59)51-23-13-6-14-24-51/h3-43H,1-2H3;3-47H,1-2H3. The second-order valence-corrected chi connectivity index (χ2v) is 39.5. The van der Waals surface area contributed by atoms with E-state index >= 15 is 0 Å². The largest absolute Gasteiger partial charge is 0.310 e. The Morgan fingerprint density at radius 1 is 0.146 bits per heavy atom. The maximum atomic E-state index is 2.54. The summed E-state index contributed by atoms with van der Waals surface area (Å²) in [6.07, 6.45) is 0. The summed E-state index contributed by atoms with van der Waals surface area (Å²) in [7, 11) is 0. The number of hydrogen-bond donors (Lipinski definition) is 0. The molecule has 0 spiro atoms. The molecule has 4 aromatic heterocycles. The van der Waals surface area contributed by atoms with E-state index in [1.165, 1.54) is 210 Å². The van der Waals surface area contributed by atoms with Gasteiger partial charge in [0.2, 0.25) is 0 Å². The molecule has 0 amide bonds. The minimum absolute atomic E-state index is 0.280. The number of para-hydroxylation sites is 2. The van der Waals surface area contributed by atoms with Crippen molar-refractivity contribution < 1.29 is 0 Å². The Morgan fingerprint density at radius 3 is 0.708 bits per heavy atom. The first-order valence-corrected chi connectivity index (χ1v) is 50.0.